The standard InChI is InChI=1S/C15H30N2O2/c1-2-16-12-14-6-7-15(19-14)13-18-11-10-17-8-4-3-5-9-17/h14-16H,2-13H2,1H3. The van der Waals surface area contributed by atoms with Crippen LogP contribution in [0, 0.1) is 0 Å². The predicted molar refractivity (Wildman–Crippen MR) is 77.5 cm³/mol. The molecule has 0 aromatic rings. The van der Waals surface area contributed by atoms with Crippen molar-refractivity contribution in [1.82, 2.24) is 10.2 Å². The van der Waals surface area contributed by atoms with Crippen molar-refractivity contribution < 1.29 is 9.47 Å². The Kier molecular flexibility index (Phi) is 7.14. The van der Waals surface area contributed by atoms with Crippen molar-refractivity contribution in [3.05, 3.63) is 0 Å². The Balaban J connectivity index is 1.47. The molecule has 2 atom stereocenters. The molecule has 2 unspecified atom stereocenters. The third-order valence-corrected chi connectivity index (χ3v) is 4.12. The summed E-state index contributed by atoms with van der Waals surface area (Å²) in [6, 6.07) is 0. The maximum atomic E-state index is 5.95. The zero-order valence-electron chi connectivity index (χ0n) is 12.4. The average Bonchev–Trinajstić information content (AvgIpc) is 2.90. The molecule has 112 valence electrons. The van der Waals surface area contributed by atoms with Crippen LogP contribution in [0.2, 0.25) is 0 Å². The lowest BCUT2D eigenvalue weighted by Gasteiger charge is -2.26. The second-order valence-corrected chi connectivity index (χ2v) is 5.74. The lowest BCUT2D eigenvalue weighted by Crippen LogP contribution is -2.33. The Labute approximate surface area is 117 Å². The Morgan fingerprint density at radius 2 is 1.95 bits per heavy atom. The van der Waals surface area contributed by atoms with Crippen LogP contribution in [0.4, 0.5) is 0 Å². The highest BCUT2D eigenvalue weighted by Crippen LogP contribution is 2.19. The molecule has 0 bridgehead atoms. The number of hydrogen-bond donors (Lipinski definition) is 1. The highest BCUT2D eigenvalue weighted by atomic mass is 16.5. The molecule has 0 radical (unpaired) electrons. The third-order valence-electron chi connectivity index (χ3n) is 4.12. The van der Waals surface area contributed by atoms with E-state index in [0.29, 0.717) is 12.2 Å². The molecular weight excluding hydrogens is 240 g/mol. The van der Waals surface area contributed by atoms with E-state index < -0.39 is 0 Å². The van der Waals surface area contributed by atoms with E-state index in [1.165, 1.54) is 38.8 Å². The maximum Gasteiger partial charge on any atom is 0.0813 e. The molecule has 2 rings (SSSR count). The van der Waals surface area contributed by atoms with Gasteiger partial charge in [-0.3, -0.25) is 0 Å². The minimum atomic E-state index is 0.324. The Morgan fingerprint density at radius 3 is 2.74 bits per heavy atom. The molecule has 0 aromatic heterocycles. The van der Waals surface area contributed by atoms with Crippen LogP contribution in [0.15, 0.2) is 0 Å². The normalized spacial score (nSPS) is 28.9. The Hall–Kier alpha value is -0.160. The number of rotatable bonds is 8. The number of likely N-dealkylation sites (N-methyl/N-ethyl adjacent to an activating group) is 1. The summed E-state index contributed by atoms with van der Waals surface area (Å²) >= 11 is 0. The van der Waals surface area contributed by atoms with Crippen molar-refractivity contribution in [2.45, 2.75) is 51.2 Å². The van der Waals surface area contributed by atoms with Gasteiger partial charge in [-0.1, -0.05) is 13.3 Å². The summed E-state index contributed by atoms with van der Waals surface area (Å²) in [6.45, 7) is 9.39. The van der Waals surface area contributed by atoms with Crippen LogP contribution < -0.4 is 5.32 Å². The summed E-state index contributed by atoms with van der Waals surface area (Å²) in [6.07, 6.45) is 7.17. The summed E-state index contributed by atoms with van der Waals surface area (Å²) in [5.74, 6) is 0. The first-order chi connectivity index (χ1) is 9.38. The van der Waals surface area contributed by atoms with Gasteiger partial charge in [0.25, 0.3) is 0 Å². The zero-order valence-corrected chi connectivity index (χ0v) is 12.4. The summed E-state index contributed by atoms with van der Waals surface area (Å²) in [4.78, 5) is 2.52. The smallest absolute Gasteiger partial charge is 0.0813 e. The van der Waals surface area contributed by atoms with E-state index in [0.717, 1.165) is 39.3 Å². The molecule has 0 amide bonds. The number of ether oxygens (including phenoxy) is 2. The largest absolute Gasteiger partial charge is 0.377 e. The molecule has 2 aliphatic rings. The maximum absolute atomic E-state index is 5.95. The topological polar surface area (TPSA) is 33.7 Å². The molecule has 0 aliphatic carbocycles. The fraction of sp³-hybridized carbons (Fsp3) is 1.00. The lowest BCUT2D eigenvalue weighted by molar-refractivity contribution is -0.0186. The van der Waals surface area contributed by atoms with Gasteiger partial charge in [0.2, 0.25) is 0 Å². The minimum absolute atomic E-state index is 0.324. The second-order valence-electron chi connectivity index (χ2n) is 5.74. The number of likely N-dealkylation sites (tertiary alicyclic amines) is 1. The molecule has 19 heavy (non-hydrogen) atoms. The number of hydrogen-bond acceptors (Lipinski definition) is 4. The fourth-order valence-electron chi connectivity index (χ4n) is 2.95. The minimum Gasteiger partial charge on any atom is -0.377 e. The molecule has 4 nitrogen and oxygen atoms in total. The van der Waals surface area contributed by atoms with Crippen molar-refractivity contribution in [2.75, 3.05) is 45.9 Å². The van der Waals surface area contributed by atoms with Crippen LogP contribution in [-0.4, -0.2) is 63.0 Å². The van der Waals surface area contributed by atoms with Gasteiger partial charge in [-0.15, -0.1) is 0 Å². The molecule has 2 aliphatic heterocycles. The molecule has 0 saturated carbocycles. The Morgan fingerprint density at radius 1 is 1.16 bits per heavy atom. The molecule has 4 heteroatoms. The van der Waals surface area contributed by atoms with E-state index in [9.17, 15) is 0 Å². The second kappa shape index (κ2) is 8.90. The van der Waals surface area contributed by atoms with Crippen molar-refractivity contribution in [3.8, 4) is 0 Å². The molecule has 2 heterocycles. The highest BCUT2D eigenvalue weighted by Gasteiger charge is 2.24. The third kappa shape index (κ3) is 5.78. The average molecular weight is 270 g/mol. The van der Waals surface area contributed by atoms with Crippen molar-refractivity contribution in [3.63, 3.8) is 0 Å². The van der Waals surface area contributed by atoms with Crippen LogP contribution in [0.5, 0.6) is 0 Å². The van der Waals surface area contributed by atoms with Crippen molar-refractivity contribution in [2.24, 2.45) is 0 Å². The van der Waals surface area contributed by atoms with Crippen LogP contribution >= 0.6 is 0 Å². The lowest BCUT2D eigenvalue weighted by atomic mass is 10.1. The van der Waals surface area contributed by atoms with Gasteiger partial charge in [0.15, 0.2) is 0 Å². The van der Waals surface area contributed by atoms with E-state index in [2.05, 4.69) is 17.1 Å². The van der Waals surface area contributed by atoms with Crippen molar-refractivity contribution >= 4 is 0 Å². The summed E-state index contributed by atoms with van der Waals surface area (Å²) < 4.78 is 11.7. The fourth-order valence-corrected chi connectivity index (χ4v) is 2.95. The Bertz CT molecular complexity index is 232. The van der Waals surface area contributed by atoms with E-state index in [-0.39, 0.29) is 0 Å². The first kappa shape index (κ1) is 15.2. The van der Waals surface area contributed by atoms with Gasteiger partial charge in [-0.25, -0.2) is 0 Å². The van der Waals surface area contributed by atoms with Crippen LogP contribution in [0.1, 0.15) is 39.0 Å². The van der Waals surface area contributed by atoms with Crippen molar-refractivity contribution in [1.29, 1.82) is 0 Å². The predicted octanol–water partition coefficient (Wildman–Crippen LogP) is 1.65. The molecule has 1 N–H and O–H groups in total. The SMILES string of the molecule is CCNCC1CCC(COCCN2CCCCC2)O1. The van der Waals surface area contributed by atoms with Gasteiger partial charge in [0, 0.05) is 13.1 Å². The van der Waals surface area contributed by atoms with Gasteiger partial charge in [0.1, 0.15) is 0 Å². The molecular formula is C15H30N2O2. The molecule has 0 spiro atoms. The number of nitrogens with one attached hydrogen (secondary N) is 1. The monoisotopic (exact) mass is 270 g/mol. The van der Waals surface area contributed by atoms with Gasteiger partial charge in [-0.05, 0) is 45.3 Å². The number of piperidine rings is 1. The molecule has 2 saturated heterocycles. The van der Waals surface area contributed by atoms with Crippen LogP contribution in [0.25, 0.3) is 0 Å². The van der Waals surface area contributed by atoms with Gasteiger partial charge in [-0.2, -0.15) is 0 Å². The van der Waals surface area contributed by atoms with Gasteiger partial charge >= 0.3 is 0 Å². The zero-order chi connectivity index (χ0) is 13.3. The first-order valence-electron chi connectivity index (χ1n) is 8.04. The van der Waals surface area contributed by atoms with E-state index in [1.54, 1.807) is 0 Å². The van der Waals surface area contributed by atoms with E-state index in [1.807, 2.05) is 0 Å². The van der Waals surface area contributed by atoms with Crippen LogP contribution in [0.3, 0.4) is 0 Å². The molecule has 2 fully saturated rings. The van der Waals surface area contributed by atoms with E-state index >= 15 is 0 Å². The first-order valence-corrected chi connectivity index (χ1v) is 8.04. The quantitative estimate of drug-likeness (QED) is 0.680. The summed E-state index contributed by atoms with van der Waals surface area (Å²) in [5.41, 5.74) is 0. The van der Waals surface area contributed by atoms with Crippen LogP contribution in [-0.2, 0) is 9.47 Å². The molecule has 0 aromatic carbocycles. The number of nitrogens with zero attached hydrogens (tertiary/aromatic N) is 1. The highest BCUT2D eigenvalue weighted by molar-refractivity contribution is 4.75. The summed E-state index contributed by atoms with van der Waals surface area (Å²) in [7, 11) is 0. The summed E-state index contributed by atoms with van der Waals surface area (Å²) in [5, 5.41) is 3.35. The van der Waals surface area contributed by atoms with E-state index in [4.69, 9.17) is 9.47 Å². The van der Waals surface area contributed by atoms with Gasteiger partial charge < -0.3 is 19.7 Å². The van der Waals surface area contributed by atoms with Gasteiger partial charge in [0.05, 0.1) is 25.4 Å².